The fourth-order valence-electron chi connectivity index (χ4n) is 4.30. The van der Waals surface area contributed by atoms with Gasteiger partial charge in [-0.25, -0.2) is 0 Å². The zero-order valence-corrected chi connectivity index (χ0v) is 19.2. The van der Waals surface area contributed by atoms with E-state index in [-0.39, 0.29) is 17.5 Å². The van der Waals surface area contributed by atoms with Crippen LogP contribution in [0.25, 0.3) is 11.1 Å². The number of rotatable bonds is 8. The average molecular weight is 447 g/mol. The molecule has 2 aromatic heterocycles. The Morgan fingerprint density at radius 2 is 1.76 bits per heavy atom. The Hall–Kier alpha value is -3.48. The normalized spacial score (nSPS) is 16.3. The van der Waals surface area contributed by atoms with Crippen molar-refractivity contribution < 1.29 is 14.1 Å². The first-order valence-electron chi connectivity index (χ1n) is 11.7. The number of aromatic nitrogens is 2. The predicted molar refractivity (Wildman–Crippen MR) is 126 cm³/mol. The van der Waals surface area contributed by atoms with Gasteiger partial charge >= 0.3 is 0 Å². The van der Waals surface area contributed by atoms with Crippen LogP contribution < -0.4 is 0 Å². The molecule has 0 aliphatic carbocycles. The van der Waals surface area contributed by atoms with Gasteiger partial charge in [0.05, 0.1) is 0 Å². The van der Waals surface area contributed by atoms with Crippen molar-refractivity contribution in [2.24, 2.45) is 0 Å². The summed E-state index contributed by atoms with van der Waals surface area (Å²) in [6, 6.07) is 13.2. The van der Waals surface area contributed by atoms with Gasteiger partial charge in [-0.3, -0.25) is 14.6 Å². The van der Waals surface area contributed by atoms with Crippen molar-refractivity contribution >= 4 is 11.8 Å². The number of hydrogen-bond donors (Lipinski definition) is 0. The Morgan fingerprint density at radius 3 is 2.45 bits per heavy atom. The molecule has 1 fully saturated rings. The van der Waals surface area contributed by atoms with Gasteiger partial charge < -0.3 is 14.3 Å². The van der Waals surface area contributed by atoms with E-state index in [1.807, 2.05) is 48.2 Å². The minimum absolute atomic E-state index is 0.00747. The molecule has 0 N–H and O–H groups in total. The lowest BCUT2D eigenvalue weighted by atomic mass is 9.98. The van der Waals surface area contributed by atoms with Crippen molar-refractivity contribution in [3.8, 4) is 11.1 Å². The van der Waals surface area contributed by atoms with Gasteiger partial charge in [-0.05, 0) is 41.7 Å². The molecule has 7 nitrogen and oxygen atoms in total. The fraction of sp³-hybridized carbons (Fsp3) is 0.385. The molecule has 172 valence electrons. The molecule has 33 heavy (non-hydrogen) atoms. The quantitative estimate of drug-likeness (QED) is 0.523. The number of carbonyl (C=O) groups is 2. The van der Waals surface area contributed by atoms with Crippen LogP contribution in [0, 0.1) is 0 Å². The minimum Gasteiger partial charge on any atom is -0.361 e. The van der Waals surface area contributed by atoms with E-state index in [0.29, 0.717) is 31.8 Å². The lowest BCUT2D eigenvalue weighted by molar-refractivity contribution is -0.140. The summed E-state index contributed by atoms with van der Waals surface area (Å²) in [5, 5.41) is 3.98. The van der Waals surface area contributed by atoms with E-state index in [0.717, 1.165) is 36.0 Å². The fourth-order valence-corrected chi connectivity index (χ4v) is 4.30. The van der Waals surface area contributed by atoms with E-state index in [1.165, 1.54) is 0 Å². The van der Waals surface area contributed by atoms with Crippen molar-refractivity contribution in [2.45, 2.75) is 45.6 Å². The van der Waals surface area contributed by atoms with E-state index < -0.39 is 6.04 Å². The molecule has 1 saturated heterocycles. The maximum Gasteiger partial charge on any atom is 0.276 e. The van der Waals surface area contributed by atoms with Gasteiger partial charge in [-0.15, -0.1) is 0 Å². The molecule has 1 unspecified atom stereocenters. The summed E-state index contributed by atoms with van der Waals surface area (Å²) in [5.41, 5.74) is 3.45. The Kier molecular flexibility index (Phi) is 7.17. The maximum absolute atomic E-state index is 13.3. The lowest BCUT2D eigenvalue weighted by Gasteiger charge is -2.40. The molecule has 0 bridgehead atoms. The second-order valence-corrected chi connectivity index (χ2v) is 8.41. The third-order valence-corrected chi connectivity index (χ3v) is 6.01. The first-order chi connectivity index (χ1) is 16.1. The molecule has 3 heterocycles. The van der Waals surface area contributed by atoms with Crippen LogP contribution in [-0.2, 0) is 17.6 Å². The molecule has 1 aromatic carbocycles. The van der Waals surface area contributed by atoms with Gasteiger partial charge in [0.25, 0.3) is 5.91 Å². The number of amides is 2. The summed E-state index contributed by atoms with van der Waals surface area (Å²) in [7, 11) is 0. The minimum atomic E-state index is -0.559. The number of hydrogen-bond acceptors (Lipinski definition) is 5. The van der Waals surface area contributed by atoms with Crippen LogP contribution in [0.1, 0.15) is 48.5 Å². The van der Waals surface area contributed by atoms with Crippen LogP contribution >= 0.6 is 0 Å². The van der Waals surface area contributed by atoms with E-state index in [4.69, 9.17) is 4.52 Å². The van der Waals surface area contributed by atoms with Gasteiger partial charge in [0.2, 0.25) is 5.91 Å². The van der Waals surface area contributed by atoms with E-state index in [9.17, 15) is 9.59 Å². The summed E-state index contributed by atoms with van der Waals surface area (Å²) in [5.74, 6) is 0.441. The van der Waals surface area contributed by atoms with E-state index >= 15 is 0 Å². The average Bonchev–Trinajstić information content (AvgIpc) is 3.31. The van der Waals surface area contributed by atoms with Crippen molar-refractivity contribution in [1.82, 2.24) is 19.9 Å². The summed E-state index contributed by atoms with van der Waals surface area (Å²) in [4.78, 5) is 34.2. The van der Waals surface area contributed by atoms with Crippen LogP contribution in [0.3, 0.4) is 0 Å². The van der Waals surface area contributed by atoms with Crippen LogP contribution in [0.15, 0.2) is 59.4 Å². The Balaban J connectivity index is 1.56. The zero-order valence-electron chi connectivity index (χ0n) is 19.2. The van der Waals surface area contributed by atoms with Crippen LogP contribution in [-0.4, -0.2) is 57.4 Å². The van der Waals surface area contributed by atoms with Crippen molar-refractivity contribution in [3.63, 3.8) is 0 Å². The molecule has 1 atom stereocenters. The number of pyridine rings is 1. The number of piperazine rings is 1. The molecule has 0 radical (unpaired) electrons. The SMILES string of the molecule is CCCc1cc(C(=O)N2CCN(CCC)C(=O)C2Cc2ccc(-c3ccncc3)cc2)no1. The second kappa shape index (κ2) is 10.4. The van der Waals surface area contributed by atoms with Gasteiger partial charge in [-0.2, -0.15) is 0 Å². The number of carbonyl (C=O) groups excluding carboxylic acids is 2. The number of nitrogens with zero attached hydrogens (tertiary/aromatic N) is 4. The monoisotopic (exact) mass is 446 g/mol. The van der Waals surface area contributed by atoms with Crippen LogP contribution in [0.2, 0.25) is 0 Å². The van der Waals surface area contributed by atoms with Crippen LogP contribution in [0.4, 0.5) is 0 Å². The Bertz CT molecular complexity index is 1080. The number of aryl methyl sites for hydroxylation is 1. The smallest absolute Gasteiger partial charge is 0.276 e. The molecule has 7 heteroatoms. The van der Waals surface area contributed by atoms with Gasteiger partial charge in [0, 0.05) is 50.9 Å². The van der Waals surface area contributed by atoms with E-state index in [2.05, 4.69) is 17.1 Å². The summed E-state index contributed by atoms with van der Waals surface area (Å²) >= 11 is 0. The van der Waals surface area contributed by atoms with E-state index in [1.54, 1.807) is 23.4 Å². The number of benzene rings is 1. The van der Waals surface area contributed by atoms with Crippen molar-refractivity contribution in [3.05, 3.63) is 71.9 Å². The topological polar surface area (TPSA) is 79.5 Å². The van der Waals surface area contributed by atoms with Gasteiger partial charge in [0.1, 0.15) is 11.8 Å². The van der Waals surface area contributed by atoms with Crippen molar-refractivity contribution in [2.75, 3.05) is 19.6 Å². The molecule has 3 aromatic rings. The Morgan fingerprint density at radius 1 is 1.03 bits per heavy atom. The third-order valence-electron chi connectivity index (χ3n) is 6.01. The lowest BCUT2D eigenvalue weighted by Crippen LogP contribution is -2.59. The third kappa shape index (κ3) is 5.13. The molecular weight excluding hydrogens is 416 g/mol. The maximum atomic E-state index is 13.3. The second-order valence-electron chi connectivity index (χ2n) is 8.41. The molecule has 0 saturated carbocycles. The van der Waals surface area contributed by atoms with Gasteiger partial charge in [0.15, 0.2) is 5.69 Å². The highest BCUT2D eigenvalue weighted by Crippen LogP contribution is 2.23. The molecule has 2 amide bonds. The molecule has 0 spiro atoms. The Labute approximate surface area is 194 Å². The van der Waals surface area contributed by atoms with Crippen molar-refractivity contribution in [1.29, 1.82) is 0 Å². The predicted octanol–water partition coefficient (Wildman–Crippen LogP) is 3.99. The first-order valence-corrected chi connectivity index (χ1v) is 11.7. The zero-order chi connectivity index (χ0) is 23.2. The largest absolute Gasteiger partial charge is 0.361 e. The molecule has 1 aliphatic rings. The summed E-state index contributed by atoms with van der Waals surface area (Å²) < 4.78 is 5.31. The standard InChI is InChI=1S/C26H30N4O3/c1-3-5-22-18-23(28-33-22)25(31)30-16-15-29(14-4-2)26(32)24(30)17-19-6-8-20(9-7-19)21-10-12-27-13-11-21/h6-13,18,24H,3-5,14-17H2,1-2H3. The summed E-state index contributed by atoms with van der Waals surface area (Å²) in [6.07, 6.45) is 6.53. The highest BCUT2D eigenvalue weighted by molar-refractivity contribution is 5.97. The highest BCUT2D eigenvalue weighted by atomic mass is 16.5. The molecule has 4 rings (SSSR count). The highest BCUT2D eigenvalue weighted by Gasteiger charge is 2.38. The van der Waals surface area contributed by atoms with Gasteiger partial charge in [-0.1, -0.05) is 43.3 Å². The first kappa shape index (κ1) is 22.7. The molecule has 1 aliphatic heterocycles. The molecular formula is C26H30N4O3. The summed E-state index contributed by atoms with van der Waals surface area (Å²) in [6.45, 7) is 5.83. The van der Waals surface area contributed by atoms with Crippen LogP contribution in [0.5, 0.6) is 0 Å².